The number of hydrogen-bond acceptors (Lipinski definition) is 5. The van der Waals surface area contributed by atoms with E-state index in [0.717, 1.165) is 12.1 Å². The summed E-state index contributed by atoms with van der Waals surface area (Å²) in [5.41, 5.74) is 5.84. The molecule has 1 N–H and O–H groups in total. The van der Waals surface area contributed by atoms with E-state index in [-0.39, 0.29) is 35.7 Å². The Morgan fingerprint density at radius 1 is 1.03 bits per heavy atom. The molecule has 5 rings (SSSR count). The molecular formula is C24H27N3O4S. The minimum Gasteiger partial charge on any atom is -0.355 e. The summed E-state index contributed by atoms with van der Waals surface area (Å²) in [4.78, 5) is 29.1. The Hall–Kier alpha value is -2.71. The first-order valence-electron chi connectivity index (χ1n) is 11.1. The smallest absolute Gasteiger partial charge is 0.227 e. The fourth-order valence-corrected chi connectivity index (χ4v) is 6.16. The monoisotopic (exact) mass is 453 g/mol. The normalized spacial score (nSPS) is 21.9. The molecule has 8 heteroatoms. The molecule has 0 aromatic heterocycles. The molecule has 0 radical (unpaired) electrons. The highest BCUT2D eigenvalue weighted by molar-refractivity contribution is 7.91. The van der Waals surface area contributed by atoms with Gasteiger partial charge < -0.3 is 10.2 Å². The first-order valence-corrected chi connectivity index (χ1v) is 12.9. The molecule has 2 aromatic rings. The predicted octanol–water partition coefficient (Wildman–Crippen LogP) is 1.46. The van der Waals surface area contributed by atoms with Gasteiger partial charge in [-0.05, 0) is 40.8 Å². The number of sulfone groups is 1. The van der Waals surface area contributed by atoms with E-state index in [1.54, 1.807) is 4.90 Å². The van der Waals surface area contributed by atoms with Crippen molar-refractivity contribution >= 4 is 27.3 Å². The molecule has 0 spiro atoms. The van der Waals surface area contributed by atoms with Crippen molar-refractivity contribution in [1.82, 2.24) is 10.2 Å². The third kappa shape index (κ3) is 4.17. The highest BCUT2D eigenvalue weighted by atomic mass is 32.2. The maximum absolute atomic E-state index is 12.7. The number of benzene rings is 2. The van der Waals surface area contributed by atoms with Gasteiger partial charge in [-0.1, -0.05) is 30.3 Å². The number of anilines is 1. The highest BCUT2D eigenvalue weighted by Crippen LogP contribution is 2.39. The van der Waals surface area contributed by atoms with Gasteiger partial charge in [0.15, 0.2) is 9.84 Å². The Morgan fingerprint density at radius 3 is 2.59 bits per heavy atom. The summed E-state index contributed by atoms with van der Waals surface area (Å²) in [6.07, 6.45) is 1.08. The standard InChI is InChI=1S/C24H27N3O4S/c28-23-15-19(24(29)25-7-8-26-9-11-32(30,31)12-10-26)16-27(23)20-5-6-22-18(14-20)13-17-3-1-2-4-21(17)22/h1-6,14,19H,7-13,15-16H2,(H,25,29). The summed E-state index contributed by atoms with van der Waals surface area (Å²) in [7, 11) is -2.90. The molecule has 3 aliphatic rings. The van der Waals surface area contributed by atoms with Crippen LogP contribution in [0.3, 0.4) is 0 Å². The number of carbonyl (C=O) groups excluding carboxylic acids is 2. The fraction of sp³-hybridized carbons (Fsp3) is 0.417. The van der Waals surface area contributed by atoms with Gasteiger partial charge in [-0.3, -0.25) is 14.5 Å². The molecule has 2 saturated heterocycles. The first kappa shape index (κ1) is 21.2. The summed E-state index contributed by atoms with van der Waals surface area (Å²) in [6, 6.07) is 14.5. The van der Waals surface area contributed by atoms with Crippen molar-refractivity contribution in [3.63, 3.8) is 0 Å². The van der Waals surface area contributed by atoms with Crippen molar-refractivity contribution in [2.75, 3.05) is 49.1 Å². The van der Waals surface area contributed by atoms with E-state index in [1.807, 2.05) is 18.2 Å². The van der Waals surface area contributed by atoms with E-state index in [4.69, 9.17) is 0 Å². The Kier molecular flexibility index (Phi) is 5.51. The number of nitrogens with zero attached hydrogens (tertiary/aromatic N) is 2. The molecular weight excluding hydrogens is 426 g/mol. The average Bonchev–Trinajstić information content (AvgIpc) is 3.34. The van der Waals surface area contributed by atoms with Crippen LogP contribution in [-0.4, -0.2) is 69.4 Å². The predicted molar refractivity (Wildman–Crippen MR) is 123 cm³/mol. The zero-order valence-corrected chi connectivity index (χ0v) is 18.7. The molecule has 32 heavy (non-hydrogen) atoms. The fourth-order valence-electron chi connectivity index (χ4n) is 4.89. The second kappa shape index (κ2) is 8.33. The van der Waals surface area contributed by atoms with Gasteiger partial charge in [0.1, 0.15) is 0 Å². The van der Waals surface area contributed by atoms with Crippen LogP contribution in [-0.2, 0) is 25.8 Å². The van der Waals surface area contributed by atoms with E-state index in [2.05, 4.69) is 34.5 Å². The molecule has 168 valence electrons. The van der Waals surface area contributed by atoms with E-state index >= 15 is 0 Å². The van der Waals surface area contributed by atoms with Gasteiger partial charge in [0, 0.05) is 44.8 Å². The van der Waals surface area contributed by atoms with E-state index < -0.39 is 9.84 Å². The van der Waals surface area contributed by atoms with Crippen LogP contribution in [0.4, 0.5) is 5.69 Å². The maximum atomic E-state index is 12.7. The Balaban J connectivity index is 1.17. The van der Waals surface area contributed by atoms with Crippen molar-refractivity contribution in [2.24, 2.45) is 5.92 Å². The Labute approximate surface area is 188 Å². The summed E-state index contributed by atoms with van der Waals surface area (Å²) >= 11 is 0. The van der Waals surface area contributed by atoms with E-state index in [0.29, 0.717) is 32.7 Å². The van der Waals surface area contributed by atoms with E-state index in [1.165, 1.54) is 22.3 Å². The van der Waals surface area contributed by atoms with Gasteiger partial charge in [-0.25, -0.2) is 8.42 Å². The second-order valence-corrected chi connectivity index (χ2v) is 11.2. The lowest BCUT2D eigenvalue weighted by atomic mass is 10.1. The lowest BCUT2D eigenvalue weighted by molar-refractivity contribution is -0.126. The van der Waals surface area contributed by atoms with Crippen molar-refractivity contribution in [2.45, 2.75) is 12.8 Å². The van der Waals surface area contributed by atoms with Gasteiger partial charge in [0.2, 0.25) is 11.8 Å². The van der Waals surface area contributed by atoms with Gasteiger partial charge in [0.05, 0.1) is 17.4 Å². The van der Waals surface area contributed by atoms with Gasteiger partial charge >= 0.3 is 0 Å². The number of rotatable bonds is 5. The zero-order valence-electron chi connectivity index (χ0n) is 17.9. The van der Waals surface area contributed by atoms with Crippen molar-refractivity contribution in [3.05, 3.63) is 53.6 Å². The van der Waals surface area contributed by atoms with Crippen LogP contribution in [0.5, 0.6) is 0 Å². The molecule has 2 heterocycles. The molecule has 0 saturated carbocycles. The molecule has 2 amide bonds. The Bertz CT molecular complexity index is 1160. The van der Waals surface area contributed by atoms with Crippen LogP contribution in [0.2, 0.25) is 0 Å². The molecule has 1 atom stereocenters. The number of hydrogen-bond donors (Lipinski definition) is 1. The van der Waals surface area contributed by atoms with Crippen LogP contribution in [0.25, 0.3) is 11.1 Å². The second-order valence-electron chi connectivity index (χ2n) is 8.87. The summed E-state index contributed by atoms with van der Waals surface area (Å²) in [5, 5.41) is 2.93. The molecule has 0 bridgehead atoms. The zero-order chi connectivity index (χ0) is 22.3. The molecule has 7 nitrogen and oxygen atoms in total. The number of carbonyl (C=O) groups is 2. The third-order valence-corrected chi connectivity index (χ3v) is 8.36. The Morgan fingerprint density at radius 2 is 1.78 bits per heavy atom. The van der Waals surface area contributed by atoms with Crippen LogP contribution >= 0.6 is 0 Å². The van der Waals surface area contributed by atoms with Gasteiger partial charge in [-0.2, -0.15) is 0 Å². The van der Waals surface area contributed by atoms with Crippen molar-refractivity contribution in [1.29, 1.82) is 0 Å². The van der Waals surface area contributed by atoms with Crippen molar-refractivity contribution < 1.29 is 18.0 Å². The number of nitrogens with one attached hydrogen (secondary N) is 1. The minimum absolute atomic E-state index is 0.0261. The molecule has 1 aliphatic carbocycles. The van der Waals surface area contributed by atoms with E-state index in [9.17, 15) is 18.0 Å². The first-order chi connectivity index (χ1) is 15.4. The van der Waals surface area contributed by atoms with Crippen LogP contribution in [0.15, 0.2) is 42.5 Å². The number of fused-ring (bicyclic) bond motifs is 3. The number of amides is 2. The highest BCUT2D eigenvalue weighted by Gasteiger charge is 2.35. The quantitative estimate of drug-likeness (QED) is 0.632. The molecule has 2 aromatic carbocycles. The lowest BCUT2D eigenvalue weighted by Gasteiger charge is -2.26. The van der Waals surface area contributed by atoms with Crippen molar-refractivity contribution in [3.8, 4) is 11.1 Å². The lowest BCUT2D eigenvalue weighted by Crippen LogP contribution is -2.44. The largest absolute Gasteiger partial charge is 0.355 e. The summed E-state index contributed by atoms with van der Waals surface area (Å²) < 4.78 is 23.0. The van der Waals surface area contributed by atoms with Crippen LogP contribution in [0.1, 0.15) is 17.5 Å². The summed E-state index contributed by atoms with van der Waals surface area (Å²) in [5.74, 6) is -0.145. The van der Waals surface area contributed by atoms with Crippen LogP contribution < -0.4 is 10.2 Å². The van der Waals surface area contributed by atoms with Crippen LogP contribution in [0, 0.1) is 5.92 Å². The minimum atomic E-state index is -2.90. The topological polar surface area (TPSA) is 86.8 Å². The average molecular weight is 454 g/mol. The third-order valence-electron chi connectivity index (χ3n) is 6.75. The molecule has 2 aliphatic heterocycles. The SMILES string of the molecule is O=C(NCCN1CCS(=O)(=O)CC1)C1CC(=O)N(c2ccc3c(c2)Cc2ccccc2-3)C1. The summed E-state index contributed by atoms with van der Waals surface area (Å²) in [6.45, 7) is 2.49. The molecule has 1 unspecified atom stereocenters. The van der Waals surface area contributed by atoms with Gasteiger partial charge in [-0.15, -0.1) is 0 Å². The van der Waals surface area contributed by atoms with Gasteiger partial charge in [0.25, 0.3) is 0 Å². The molecule has 2 fully saturated rings. The maximum Gasteiger partial charge on any atom is 0.227 e.